The van der Waals surface area contributed by atoms with Gasteiger partial charge in [-0.1, -0.05) is 0 Å². The van der Waals surface area contributed by atoms with Crippen molar-refractivity contribution < 1.29 is 9.76 Å². The number of halogens is 1. The van der Waals surface area contributed by atoms with Gasteiger partial charge < -0.3 is 20.3 Å². The predicted octanol–water partition coefficient (Wildman–Crippen LogP) is 0.958. The van der Waals surface area contributed by atoms with E-state index in [-0.39, 0.29) is 6.10 Å². The Hall–Kier alpha value is -1.95. The molecule has 1 unspecified atom stereocenters. The van der Waals surface area contributed by atoms with Crippen molar-refractivity contribution in [1.29, 1.82) is 0 Å². The molecule has 3 aromatic heterocycles. The Morgan fingerprint density at radius 2 is 2.19 bits per heavy atom. The third-order valence-corrected chi connectivity index (χ3v) is 5.41. The highest BCUT2D eigenvalue weighted by molar-refractivity contribution is 9.10. The maximum Gasteiger partial charge on any atom is 0.376 e. The lowest BCUT2D eigenvalue weighted by atomic mass is 9.84. The largest absolute Gasteiger partial charge is 0.437 e. The van der Waals surface area contributed by atoms with Crippen LogP contribution < -0.4 is 5.73 Å². The predicted molar refractivity (Wildman–Crippen MR) is 101 cm³/mol. The van der Waals surface area contributed by atoms with Crippen LogP contribution >= 0.6 is 15.9 Å². The zero-order valence-electron chi connectivity index (χ0n) is 14.5. The van der Waals surface area contributed by atoms with Crippen molar-refractivity contribution in [3.05, 3.63) is 28.8 Å². The van der Waals surface area contributed by atoms with Crippen molar-refractivity contribution >= 4 is 34.4 Å². The van der Waals surface area contributed by atoms with Gasteiger partial charge in [-0.3, -0.25) is 4.68 Å². The summed E-state index contributed by atoms with van der Waals surface area (Å²) in [5.74, 6) is 0.456. The number of aromatic nitrogens is 5. The molecule has 0 bridgehead atoms. The Labute approximate surface area is 159 Å². The molecule has 0 aliphatic carbocycles. The standard InChI is InChI=1S/C15H19BBrN7O2/c1-16(25)23-3-4-26-11(8-23)13-12(17)14(18)24-15(21-13)10(6-20-24)9-5-19-22(2)7-9/h5-7,11,25H,3-4,8,18H2,1-2H3. The third kappa shape index (κ3) is 2.90. The molecule has 1 aliphatic rings. The van der Waals surface area contributed by atoms with Crippen LogP contribution in [0.3, 0.4) is 0 Å². The Morgan fingerprint density at radius 1 is 1.38 bits per heavy atom. The van der Waals surface area contributed by atoms with Crippen molar-refractivity contribution in [2.24, 2.45) is 7.05 Å². The summed E-state index contributed by atoms with van der Waals surface area (Å²) in [4.78, 5) is 6.75. The Bertz CT molecular complexity index is 957. The molecule has 3 aromatic rings. The Kier molecular flexibility index (Phi) is 4.47. The molecule has 4 rings (SSSR count). The lowest BCUT2D eigenvalue weighted by Crippen LogP contribution is -2.46. The molecule has 1 aliphatic heterocycles. The smallest absolute Gasteiger partial charge is 0.376 e. The number of aryl methyl sites for hydroxylation is 1. The van der Waals surface area contributed by atoms with Crippen molar-refractivity contribution in [2.45, 2.75) is 12.9 Å². The Morgan fingerprint density at radius 3 is 2.88 bits per heavy atom. The van der Waals surface area contributed by atoms with Gasteiger partial charge in [0.15, 0.2) is 5.65 Å². The van der Waals surface area contributed by atoms with Crippen molar-refractivity contribution in [1.82, 2.24) is 29.2 Å². The lowest BCUT2D eigenvalue weighted by Gasteiger charge is -2.33. The highest BCUT2D eigenvalue weighted by Crippen LogP contribution is 2.34. The second-order valence-corrected chi connectivity index (χ2v) is 7.17. The van der Waals surface area contributed by atoms with Gasteiger partial charge in [0.2, 0.25) is 0 Å². The summed E-state index contributed by atoms with van der Waals surface area (Å²) >= 11 is 3.54. The fourth-order valence-electron chi connectivity index (χ4n) is 3.16. The number of nitrogen functional groups attached to an aromatic ring is 1. The van der Waals surface area contributed by atoms with E-state index in [1.165, 1.54) is 0 Å². The second-order valence-electron chi connectivity index (χ2n) is 6.38. The molecule has 136 valence electrons. The van der Waals surface area contributed by atoms with Crippen LogP contribution in [0.4, 0.5) is 5.82 Å². The maximum absolute atomic E-state index is 9.89. The second kappa shape index (κ2) is 6.65. The first-order valence-corrected chi connectivity index (χ1v) is 9.10. The number of hydrogen-bond donors (Lipinski definition) is 2. The van der Waals surface area contributed by atoms with Crippen LogP contribution in [0, 0.1) is 0 Å². The molecular formula is C15H19BBrN7O2. The molecule has 11 heteroatoms. The first-order valence-electron chi connectivity index (χ1n) is 8.31. The first-order chi connectivity index (χ1) is 12.5. The van der Waals surface area contributed by atoms with Gasteiger partial charge in [0.1, 0.15) is 11.9 Å². The number of nitrogens with zero attached hydrogens (tertiary/aromatic N) is 6. The van der Waals surface area contributed by atoms with Gasteiger partial charge in [-0.2, -0.15) is 14.7 Å². The van der Waals surface area contributed by atoms with Crippen molar-refractivity contribution in [3.8, 4) is 11.1 Å². The van der Waals surface area contributed by atoms with Crippen LogP contribution in [0.2, 0.25) is 6.82 Å². The van der Waals surface area contributed by atoms with Gasteiger partial charge in [0.05, 0.1) is 29.2 Å². The summed E-state index contributed by atoms with van der Waals surface area (Å²) in [6, 6.07) is 0. The molecule has 1 saturated heterocycles. The molecule has 1 atom stereocenters. The van der Waals surface area contributed by atoms with Gasteiger partial charge in [-0.25, -0.2) is 4.98 Å². The third-order valence-electron chi connectivity index (χ3n) is 4.60. The molecule has 0 saturated carbocycles. The molecule has 1 fully saturated rings. The fraction of sp³-hybridized carbons (Fsp3) is 0.400. The molecule has 0 radical (unpaired) electrons. The Balaban J connectivity index is 1.81. The number of ether oxygens (including phenoxy) is 1. The van der Waals surface area contributed by atoms with E-state index in [1.54, 1.807) is 28.4 Å². The van der Waals surface area contributed by atoms with E-state index in [1.807, 2.05) is 18.1 Å². The lowest BCUT2D eigenvalue weighted by molar-refractivity contribution is -0.0107. The molecule has 0 amide bonds. The number of fused-ring (bicyclic) bond motifs is 1. The highest BCUT2D eigenvalue weighted by Gasteiger charge is 2.30. The molecule has 0 aromatic carbocycles. The molecule has 9 nitrogen and oxygen atoms in total. The molecular weight excluding hydrogens is 401 g/mol. The van der Waals surface area contributed by atoms with E-state index in [9.17, 15) is 5.02 Å². The summed E-state index contributed by atoms with van der Waals surface area (Å²) in [5.41, 5.74) is 9.40. The van der Waals surface area contributed by atoms with E-state index < -0.39 is 7.05 Å². The quantitative estimate of drug-likeness (QED) is 0.608. The van der Waals surface area contributed by atoms with Crippen molar-refractivity contribution in [3.63, 3.8) is 0 Å². The number of anilines is 1. The van der Waals surface area contributed by atoms with Gasteiger partial charge in [0.25, 0.3) is 0 Å². The van der Waals surface area contributed by atoms with Crippen LogP contribution in [0.1, 0.15) is 11.8 Å². The maximum atomic E-state index is 9.89. The first kappa shape index (κ1) is 17.5. The fourth-order valence-corrected chi connectivity index (χ4v) is 3.68. The average molecular weight is 420 g/mol. The van der Waals surface area contributed by atoms with E-state index in [0.717, 1.165) is 11.1 Å². The monoisotopic (exact) mass is 419 g/mol. The summed E-state index contributed by atoms with van der Waals surface area (Å²) < 4.78 is 9.90. The van der Waals surface area contributed by atoms with Gasteiger partial charge in [-0.05, 0) is 22.8 Å². The van der Waals surface area contributed by atoms with Crippen molar-refractivity contribution in [2.75, 3.05) is 25.4 Å². The number of morpholine rings is 1. The van der Waals surface area contributed by atoms with Crippen LogP contribution in [-0.2, 0) is 11.8 Å². The van der Waals surface area contributed by atoms with Gasteiger partial charge >= 0.3 is 7.05 Å². The van der Waals surface area contributed by atoms with Crippen LogP contribution in [0.5, 0.6) is 0 Å². The van der Waals surface area contributed by atoms with Gasteiger partial charge in [0, 0.05) is 37.5 Å². The van der Waals surface area contributed by atoms with Crippen LogP contribution in [0.15, 0.2) is 23.1 Å². The van der Waals surface area contributed by atoms with E-state index in [2.05, 4.69) is 26.1 Å². The van der Waals surface area contributed by atoms with Crippen LogP contribution in [-0.4, -0.2) is 61.0 Å². The summed E-state index contributed by atoms with van der Waals surface area (Å²) in [6.07, 6.45) is 5.11. The van der Waals surface area contributed by atoms with Gasteiger partial charge in [-0.15, -0.1) is 0 Å². The average Bonchev–Trinajstić information content (AvgIpc) is 3.24. The zero-order valence-corrected chi connectivity index (χ0v) is 16.1. The summed E-state index contributed by atoms with van der Waals surface area (Å²) in [7, 11) is 1.32. The highest BCUT2D eigenvalue weighted by atomic mass is 79.9. The topological polar surface area (TPSA) is 107 Å². The SMILES string of the molecule is CB(O)N1CCOC(c2nc3c(-c4cnn(C)c4)cnn3c(N)c2Br)C1. The normalized spacial score (nSPS) is 18.5. The number of nitrogens with two attached hydrogens (primary N) is 1. The molecule has 3 N–H and O–H groups in total. The number of hydrogen-bond acceptors (Lipinski definition) is 7. The minimum Gasteiger partial charge on any atom is -0.437 e. The van der Waals surface area contributed by atoms with E-state index in [4.69, 9.17) is 15.5 Å². The number of rotatable bonds is 3. The summed E-state index contributed by atoms with van der Waals surface area (Å²) in [5, 5.41) is 18.5. The molecule has 4 heterocycles. The van der Waals surface area contributed by atoms with E-state index in [0.29, 0.717) is 41.3 Å². The minimum absolute atomic E-state index is 0.295. The molecule has 0 spiro atoms. The minimum atomic E-state index is -0.540. The van der Waals surface area contributed by atoms with E-state index >= 15 is 0 Å². The molecule has 26 heavy (non-hydrogen) atoms. The zero-order chi connectivity index (χ0) is 18.4. The van der Waals surface area contributed by atoms with Crippen LogP contribution in [0.25, 0.3) is 16.8 Å². The summed E-state index contributed by atoms with van der Waals surface area (Å²) in [6.45, 7) is 3.48.